The Hall–Kier alpha value is -2.47. The maximum absolute atomic E-state index is 12.0. The molecule has 1 amide bonds. The normalized spacial score (nSPS) is 11.7. The van der Waals surface area contributed by atoms with Crippen LogP contribution in [0.4, 0.5) is 5.82 Å². The first-order valence-electron chi connectivity index (χ1n) is 6.32. The second kappa shape index (κ2) is 6.63. The lowest BCUT2D eigenvalue weighted by Gasteiger charge is -2.13. The van der Waals surface area contributed by atoms with Crippen molar-refractivity contribution in [2.75, 3.05) is 5.43 Å². The van der Waals surface area contributed by atoms with Crippen LogP contribution in [0.3, 0.4) is 0 Å². The fraction of sp³-hybridized carbons (Fsp3) is 0.214. The second-order valence-corrected chi connectivity index (χ2v) is 4.50. The molecule has 104 valence electrons. The molecule has 4 N–H and O–H groups in total. The summed E-state index contributed by atoms with van der Waals surface area (Å²) in [6.45, 7) is 1.95. The van der Waals surface area contributed by atoms with Gasteiger partial charge in [0.15, 0.2) is 5.82 Å². The quantitative estimate of drug-likeness (QED) is 0.560. The van der Waals surface area contributed by atoms with Crippen molar-refractivity contribution in [3.8, 4) is 0 Å². The molecule has 0 fully saturated rings. The number of nitrogen functional groups attached to an aromatic ring is 1. The zero-order valence-corrected chi connectivity index (χ0v) is 11.2. The first-order valence-corrected chi connectivity index (χ1v) is 6.32. The predicted molar refractivity (Wildman–Crippen MR) is 76.9 cm³/mol. The molecule has 1 aromatic heterocycles. The Morgan fingerprint density at radius 1 is 1.30 bits per heavy atom. The number of hydrogen-bond acceptors (Lipinski definition) is 5. The Morgan fingerprint density at radius 2 is 2.05 bits per heavy atom. The van der Waals surface area contributed by atoms with Gasteiger partial charge in [0.1, 0.15) is 5.69 Å². The van der Waals surface area contributed by atoms with Crippen LogP contribution in [0.1, 0.15) is 23.0 Å². The van der Waals surface area contributed by atoms with Crippen molar-refractivity contribution >= 4 is 11.7 Å². The van der Waals surface area contributed by atoms with Gasteiger partial charge in [-0.3, -0.25) is 9.78 Å². The molecule has 0 saturated heterocycles. The van der Waals surface area contributed by atoms with Gasteiger partial charge in [0.2, 0.25) is 0 Å². The highest BCUT2D eigenvalue weighted by atomic mass is 16.1. The van der Waals surface area contributed by atoms with Crippen molar-refractivity contribution in [3.05, 3.63) is 54.0 Å². The van der Waals surface area contributed by atoms with Crippen molar-refractivity contribution in [1.82, 2.24) is 15.3 Å². The molecule has 2 aromatic rings. The summed E-state index contributed by atoms with van der Waals surface area (Å²) in [5.74, 6) is 5.33. The molecule has 1 aromatic carbocycles. The van der Waals surface area contributed by atoms with E-state index in [1.165, 1.54) is 18.0 Å². The Kier molecular flexibility index (Phi) is 4.62. The van der Waals surface area contributed by atoms with Crippen molar-refractivity contribution in [1.29, 1.82) is 0 Å². The molecule has 2 rings (SSSR count). The minimum absolute atomic E-state index is 0.00110. The van der Waals surface area contributed by atoms with Crippen molar-refractivity contribution in [2.24, 2.45) is 5.84 Å². The molecule has 0 aliphatic rings. The summed E-state index contributed by atoms with van der Waals surface area (Å²) in [7, 11) is 0. The third-order valence-electron chi connectivity index (χ3n) is 2.78. The van der Waals surface area contributed by atoms with Gasteiger partial charge in [0.05, 0.1) is 12.4 Å². The zero-order chi connectivity index (χ0) is 14.4. The molecule has 1 atom stereocenters. The SMILES string of the molecule is CC(Cc1ccccc1)NC(=O)c1cncc(NN)n1. The van der Waals surface area contributed by atoms with E-state index in [1.54, 1.807) is 0 Å². The van der Waals surface area contributed by atoms with Crippen LogP contribution in [0, 0.1) is 0 Å². The fourth-order valence-corrected chi connectivity index (χ4v) is 1.86. The number of nitrogens with one attached hydrogen (secondary N) is 2. The average molecular weight is 271 g/mol. The lowest BCUT2D eigenvalue weighted by atomic mass is 10.1. The van der Waals surface area contributed by atoms with Crippen molar-refractivity contribution in [2.45, 2.75) is 19.4 Å². The number of carbonyl (C=O) groups excluding carboxylic acids is 1. The molecule has 0 saturated carbocycles. The smallest absolute Gasteiger partial charge is 0.271 e. The summed E-state index contributed by atoms with van der Waals surface area (Å²) in [6.07, 6.45) is 3.62. The van der Waals surface area contributed by atoms with Crippen LogP contribution in [0.15, 0.2) is 42.7 Å². The number of nitrogens with zero attached hydrogens (tertiary/aromatic N) is 2. The van der Waals surface area contributed by atoms with Crippen molar-refractivity contribution < 1.29 is 4.79 Å². The molecular weight excluding hydrogens is 254 g/mol. The van der Waals surface area contributed by atoms with Gasteiger partial charge < -0.3 is 10.7 Å². The number of hydrazine groups is 1. The van der Waals surface area contributed by atoms with E-state index in [4.69, 9.17) is 5.84 Å². The zero-order valence-electron chi connectivity index (χ0n) is 11.2. The van der Waals surface area contributed by atoms with E-state index >= 15 is 0 Å². The highest BCUT2D eigenvalue weighted by Gasteiger charge is 2.12. The van der Waals surface area contributed by atoms with E-state index in [0.717, 1.165) is 6.42 Å². The maximum Gasteiger partial charge on any atom is 0.271 e. The molecule has 0 aliphatic carbocycles. The van der Waals surface area contributed by atoms with Crippen LogP contribution in [-0.4, -0.2) is 21.9 Å². The number of aromatic nitrogens is 2. The fourth-order valence-electron chi connectivity index (χ4n) is 1.86. The lowest BCUT2D eigenvalue weighted by molar-refractivity contribution is 0.0935. The van der Waals surface area contributed by atoms with Crippen LogP contribution in [-0.2, 0) is 6.42 Å². The van der Waals surface area contributed by atoms with E-state index in [9.17, 15) is 4.79 Å². The second-order valence-electron chi connectivity index (χ2n) is 4.50. The largest absolute Gasteiger partial charge is 0.348 e. The Bertz CT molecular complexity index is 573. The van der Waals surface area contributed by atoms with Crippen LogP contribution in [0.25, 0.3) is 0 Å². The lowest BCUT2D eigenvalue weighted by Crippen LogP contribution is -2.34. The minimum Gasteiger partial charge on any atom is -0.348 e. The van der Waals surface area contributed by atoms with Gasteiger partial charge in [-0.25, -0.2) is 10.8 Å². The van der Waals surface area contributed by atoms with E-state index in [2.05, 4.69) is 20.7 Å². The van der Waals surface area contributed by atoms with Crippen molar-refractivity contribution in [3.63, 3.8) is 0 Å². The predicted octanol–water partition coefficient (Wildman–Crippen LogP) is 1.12. The maximum atomic E-state index is 12.0. The summed E-state index contributed by atoms with van der Waals surface area (Å²) >= 11 is 0. The first kappa shape index (κ1) is 14.0. The first-order chi connectivity index (χ1) is 9.69. The number of anilines is 1. The van der Waals surface area contributed by atoms with Crippen LogP contribution < -0.4 is 16.6 Å². The molecule has 0 bridgehead atoms. The van der Waals surface area contributed by atoms with Gasteiger partial charge in [-0.05, 0) is 18.9 Å². The highest BCUT2D eigenvalue weighted by molar-refractivity contribution is 5.92. The number of nitrogens with two attached hydrogens (primary N) is 1. The monoisotopic (exact) mass is 271 g/mol. The molecule has 1 unspecified atom stereocenters. The molecule has 1 heterocycles. The van der Waals surface area contributed by atoms with Gasteiger partial charge in [-0.1, -0.05) is 30.3 Å². The highest BCUT2D eigenvalue weighted by Crippen LogP contribution is 2.04. The molecule has 6 heteroatoms. The van der Waals surface area contributed by atoms with Gasteiger partial charge >= 0.3 is 0 Å². The third-order valence-corrected chi connectivity index (χ3v) is 2.78. The Labute approximate surface area is 117 Å². The van der Waals surface area contributed by atoms with E-state index in [1.807, 2.05) is 37.3 Å². The Balaban J connectivity index is 1.96. The molecular formula is C14H17N5O. The van der Waals surface area contributed by atoms with E-state index in [-0.39, 0.29) is 17.6 Å². The molecule has 0 aliphatic heterocycles. The number of amides is 1. The van der Waals surface area contributed by atoms with Crippen LogP contribution >= 0.6 is 0 Å². The molecule has 6 nitrogen and oxygen atoms in total. The number of rotatable bonds is 5. The van der Waals surface area contributed by atoms with Crippen LogP contribution in [0.5, 0.6) is 0 Å². The standard InChI is InChI=1S/C14H17N5O/c1-10(7-11-5-3-2-4-6-11)17-14(20)12-8-16-9-13(18-12)19-15/h2-6,8-10H,7,15H2,1H3,(H,17,20)(H,18,19). The average Bonchev–Trinajstić information content (AvgIpc) is 2.48. The summed E-state index contributed by atoms with van der Waals surface area (Å²) in [5, 5.41) is 2.89. The molecule has 0 radical (unpaired) electrons. The van der Waals surface area contributed by atoms with Crippen LogP contribution in [0.2, 0.25) is 0 Å². The molecule has 20 heavy (non-hydrogen) atoms. The van der Waals surface area contributed by atoms with Gasteiger partial charge in [-0.15, -0.1) is 0 Å². The molecule has 0 spiro atoms. The van der Waals surface area contributed by atoms with Gasteiger partial charge in [-0.2, -0.15) is 0 Å². The topological polar surface area (TPSA) is 92.9 Å². The number of carbonyl (C=O) groups is 1. The van der Waals surface area contributed by atoms with Gasteiger partial charge in [0.25, 0.3) is 5.91 Å². The number of hydrogen-bond donors (Lipinski definition) is 3. The minimum atomic E-state index is -0.266. The van der Waals surface area contributed by atoms with E-state index < -0.39 is 0 Å². The van der Waals surface area contributed by atoms with E-state index in [0.29, 0.717) is 5.82 Å². The Morgan fingerprint density at radius 3 is 2.75 bits per heavy atom. The summed E-state index contributed by atoms with van der Waals surface area (Å²) < 4.78 is 0. The summed E-state index contributed by atoms with van der Waals surface area (Å²) in [5.41, 5.74) is 3.77. The third kappa shape index (κ3) is 3.76. The summed E-state index contributed by atoms with van der Waals surface area (Å²) in [4.78, 5) is 20.0. The summed E-state index contributed by atoms with van der Waals surface area (Å²) in [6, 6.07) is 9.98. The van der Waals surface area contributed by atoms with Gasteiger partial charge in [0, 0.05) is 6.04 Å². The number of benzene rings is 1.